The van der Waals surface area contributed by atoms with E-state index < -0.39 is 10.0 Å². The van der Waals surface area contributed by atoms with Crippen molar-refractivity contribution in [1.82, 2.24) is 5.32 Å². The molecular formula is C9H18N2O3S. The van der Waals surface area contributed by atoms with Crippen LogP contribution < -0.4 is 10.5 Å². The molecule has 6 heteroatoms. The van der Waals surface area contributed by atoms with Gasteiger partial charge >= 0.3 is 0 Å². The molecule has 0 spiro atoms. The molecule has 3 N–H and O–H groups in total. The number of nitrogens with two attached hydrogens (primary N) is 1. The summed E-state index contributed by atoms with van der Waals surface area (Å²) in [6.07, 6.45) is 6.53. The largest absolute Gasteiger partial charge is 0.497 e. The highest BCUT2D eigenvalue weighted by Gasteiger charge is 2.09. The third-order valence-electron chi connectivity index (χ3n) is 2.18. The van der Waals surface area contributed by atoms with Crippen molar-refractivity contribution in [2.45, 2.75) is 25.4 Å². The van der Waals surface area contributed by atoms with Crippen molar-refractivity contribution in [1.29, 1.82) is 0 Å². The number of sulfonamides is 1. The zero-order valence-corrected chi connectivity index (χ0v) is 9.50. The molecule has 5 nitrogen and oxygen atoms in total. The summed E-state index contributed by atoms with van der Waals surface area (Å²) in [5.74, 6) is 0.0332. The highest BCUT2D eigenvalue weighted by atomic mass is 32.2. The van der Waals surface area contributed by atoms with E-state index in [2.05, 4.69) is 5.32 Å². The van der Waals surface area contributed by atoms with E-state index in [9.17, 15) is 8.42 Å². The Kier molecular flexibility index (Phi) is 5.07. The summed E-state index contributed by atoms with van der Waals surface area (Å²) in [5.41, 5.74) is 0. The van der Waals surface area contributed by atoms with Gasteiger partial charge in [-0.2, -0.15) is 0 Å². The van der Waals surface area contributed by atoms with Crippen LogP contribution in [0.5, 0.6) is 0 Å². The maximum absolute atomic E-state index is 10.6. The summed E-state index contributed by atoms with van der Waals surface area (Å²) in [4.78, 5) is 0. The first-order chi connectivity index (χ1) is 7.08. The Hall–Kier alpha value is -0.590. The molecule has 88 valence electrons. The Bertz CT molecular complexity index is 300. The van der Waals surface area contributed by atoms with Crippen molar-refractivity contribution in [2.75, 3.05) is 18.8 Å². The SMILES string of the molecule is NS(=O)(=O)CCCNCC1CCC=CO1. The molecule has 0 aromatic carbocycles. The normalized spacial score (nSPS) is 21.3. The van der Waals surface area contributed by atoms with E-state index in [0.717, 1.165) is 19.4 Å². The molecular weight excluding hydrogens is 216 g/mol. The van der Waals surface area contributed by atoms with Crippen LogP contribution in [0.2, 0.25) is 0 Å². The van der Waals surface area contributed by atoms with Gasteiger partial charge in [0.25, 0.3) is 0 Å². The number of rotatable bonds is 6. The average molecular weight is 234 g/mol. The van der Waals surface area contributed by atoms with Crippen molar-refractivity contribution in [3.8, 4) is 0 Å². The smallest absolute Gasteiger partial charge is 0.209 e. The topological polar surface area (TPSA) is 81.4 Å². The van der Waals surface area contributed by atoms with Crippen molar-refractivity contribution in [3.63, 3.8) is 0 Å². The first-order valence-electron chi connectivity index (χ1n) is 5.09. The van der Waals surface area contributed by atoms with Crippen molar-refractivity contribution in [2.24, 2.45) is 5.14 Å². The van der Waals surface area contributed by atoms with Gasteiger partial charge in [-0.05, 0) is 31.9 Å². The molecule has 0 saturated heterocycles. The van der Waals surface area contributed by atoms with Crippen LogP contribution in [0.25, 0.3) is 0 Å². The molecule has 1 atom stereocenters. The summed E-state index contributed by atoms with van der Waals surface area (Å²) in [6, 6.07) is 0. The van der Waals surface area contributed by atoms with Gasteiger partial charge in [0.05, 0.1) is 12.0 Å². The van der Waals surface area contributed by atoms with Gasteiger partial charge in [-0.15, -0.1) is 0 Å². The second-order valence-electron chi connectivity index (χ2n) is 3.63. The lowest BCUT2D eigenvalue weighted by Crippen LogP contribution is -2.31. The van der Waals surface area contributed by atoms with Crippen molar-refractivity contribution in [3.05, 3.63) is 12.3 Å². The fraction of sp³-hybridized carbons (Fsp3) is 0.778. The lowest BCUT2D eigenvalue weighted by Gasteiger charge is -2.19. The predicted molar refractivity (Wildman–Crippen MR) is 58.7 cm³/mol. The molecule has 0 radical (unpaired) electrons. The van der Waals surface area contributed by atoms with Gasteiger partial charge in [0.1, 0.15) is 6.10 Å². The number of allylic oxidation sites excluding steroid dienone is 1. The molecule has 0 aromatic heterocycles. The molecule has 0 fully saturated rings. The lowest BCUT2D eigenvalue weighted by molar-refractivity contribution is 0.122. The standard InChI is InChI=1S/C9H18N2O3S/c10-15(12,13)7-3-5-11-8-9-4-1-2-6-14-9/h2,6,9,11H,1,3-5,7-8H2,(H2,10,12,13). The molecule has 0 saturated carbocycles. The Morgan fingerprint density at radius 2 is 2.33 bits per heavy atom. The van der Waals surface area contributed by atoms with Crippen LogP contribution in [0, 0.1) is 0 Å². The maximum atomic E-state index is 10.6. The molecule has 1 unspecified atom stereocenters. The fourth-order valence-corrected chi connectivity index (χ4v) is 1.94. The van der Waals surface area contributed by atoms with E-state index in [1.807, 2.05) is 6.08 Å². The second kappa shape index (κ2) is 6.09. The fourth-order valence-electron chi connectivity index (χ4n) is 1.40. The molecule has 15 heavy (non-hydrogen) atoms. The monoisotopic (exact) mass is 234 g/mol. The minimum atomic E-state index is -3.31. The van der Waals surface area contributed by atoms with Crippen LogP contribution in [0.15, 0.2) is 12.3 Å². The first-order valence-corrected chi connectivity index (χ1v) is 6.81. The van der Waals surface area contributed by atoms with Gasteiger partial charge in [-0.3, -0.25) is 0 Å². The molecule has 1 rings (SSSR count). The van der Waals surface area contributed by atoms with Gasteiger partial charge in [0.15, 0.2) is 0 Å². The highest BCUT2D eigenvalue weighted by molar-refractivity contribution is 7.89. The summed E-state index contributed by atoms with van der Waals surface area (Å²) in [5, 5.41) is 8.02. The number of primary sulfonamides is 1. The Morgan fingerprint density at radius 1 is 1.53 bits per heavy atom. The Morgan fingerprint density at radius 3 is 2.93 bits per heavy atom. The zero-order valence-electron chi connectivity index (χ0n) is 8.69. The van der Waals surface area contributed by atoms with Crippen LogP contribution in [-0.4, -0.2) is 33.4 Å². The number of ether oxygens (including phenoxy) is 1. The van der Waals surface area contributed by atoms with E-state index in [1.54, 1.807) is 6.26 Å². The molecule has 1 heterocycles. The van der Waals surface area contributed by atoms with Gasteiger partial charge < -0.3 is 10.1 Å². The summed E-state index contributed by atoms with van der Waals surface area (Å²) < 4.78 is 26.6. The Labute approximate surface area is 90.7 Å². The average Bonchev–Trinajstić information content (AvgIpc) is 2.17. The highest BCUT2D eigenvalue weighted by Crippen LogP contribution is 2.08. The van der Waals surface area contributed by atoms with Crippen LogP contribution in [0.1, 0.15) is 19.3 Å². The molecule has 0 aromatic rings. The molecule has 0 bridgehead atoms. The second-order valence-corrected chi connectivity index (χ2v) is 5.37. The predicted octanol–water partition coefficient (Wildman–Crippen LogP) is -0.0527. The van der Waals surface area contributed by atoms with Gasteiger partial charge in [-0.25, -0.2) is 13.6 Å². The van der Waals surface area contributed by atoms with Crippen LogP contribution in [0.4, 0.5) is 0 Å². The molecule has 1 aliphatic heterocycles. The third kappa shape index (κ3) is 6.48. The van der Waals surface area contributed by atoms with E-state index in [0.29, 0.717) is 13.0 Å². The van der Waals surface area contributed by atoms with Gasteiger partial charge in [-0.1, -0.05) is 0 Å². The summed E-state index contributed by atoms with van der Waals surface area (Å²) >= 11 is 0. The third-order valence-corrected chi connectivity index (χ3v) is 3.03. The van der Waals surface area contributed by atoms with Crippen molar-refractivity contribution < 1.29 is 13.2 Å². The number of hydrogen-bond acceptors (Lipinski definition) is 4. The molecule has 0 amide bonds. The lowest BCUT2D eigenvalue weighted by atomic mass is 10.1. The van der Waals surface area contributed by atoms with Crippen LogP contribution in [-0.2, 0) is 14.8 Å². The quantitative estimate of drug-likeness (QED) is 0.631. The van der Waals surface area contributed by atoms with Crippen LogP contribution >= 0.6 is 0 Å². The van der Waals surface area contributed by atoms with Gasteiger partial charge in [0.2, 0.25) is 10.0 Å². The van der Waals surface area contributed by atoms with E-state index in [4.69, 9.17) is 9.88 Å². The minimum Gasteiger partial charge on any atom is -0.497 e. The van der Waals surface area contributed by atoms with Crippen LogP contribution in [0.3, 0.4) is 0 Å². The zero-order chi connectivity index (χ0) is 11.1. The van der Waals surface area contributed by atoms with E-state index in [-0.39, 0.29) is 11.9 Å². The number of hydrogen-bond donors (Lipinski definition) is 2. The van der Waals surface area contributed by atoms with Crippen molar-refractivity contribution >= 4 is 10.0 Å². The van der Waals surface area contributed by atoms with Gasteiger partial charge in [0, 0.05) is 6.54 Å². The maximum Gasteiger partial charge on any atom is 0.209 e. The minimum absolute atomic E-state index is 0.0332. The summed E-state index contributed by atoms with van der Waals surface area (Å²) in [6.45, 7) is 1.41. The summed E-state index contributed by atoms with van der Waals surface area (Å²) in [7, 11) is -3.31. The number of nitrogens with one attached hydrogen (secondary N) is 1. The van der Waals surface area contributed by atoms with E-state index in [1.165, 1.54) is 0 Å². The molecule has 0 aliphatic carbocycles. The van der Waals surface area contributed by atoms with E-state index >= 15 is 0 Å². The Balaban J connectivity index is 1.99. The molecule has 1 aliphatic rings. The first kappa shape index (κ1) is 12.5.